The van der Waals surface area contributed by atoms with Gasteiger partial charge in [0.1, 0.15) is 0 Å². The second kappa shape index (κ2) is 5.93. The van der Waals surface area contributed by atoms with Crippen molar-refractivity contribution in [3.8, 4) is 0 Å². The molecule has 0 N–H and O–H groups in total. The van der Waals surface area contributed by atoms with E-state index in [0.29, 0.717) is 5.92 Å². The maximum absolute atomic E-state index is 13.3. The predicted octanol–water partition coefficient (Wildman–Crippen LogP) is 5.14. The van der Waals surface area contributed by atoms with Gasteiger partial charge in [-0.05, 0) is 43.0 Å². The van der Waals surface area contributed by atoms with Crippen LogP contribution in [0.25, 0.3) is 0 Å². The van der Waals surface area contributed by atoms with Crippen molar-refractivity contribution < 1.29 is 4.79 Å². The highest BCUT2D eigenvalue weighted by molar-refractivity contribution is 7.99. The van der Waals surface area contributed by atoms with E-state index in [-0.39, 0.29) is 6.03 Å². The maximum Gasteiger partial charge on any atom is 0.329 e. The molecule has 0 spiro atoms. The van der Waals surface area contributed by atoms with Crippen LogP contribution in [-0.4, -0.2) is 24.0 Å². The fraction of sp³-hybridized carbons (Fsp3) is 0.316. The number of para-hydroxylation sites is 2. The Kier molecular flexibility index (Phi) is 3.77. The number of likely N-dealkylation sites (tertiary alicyclic amines) is 1. The lowest BCUT2D eigenvalue weighted by Crippen LogP contribution is -2.46. The third-order valence-electron chi connectivity index (χ3n) is 4.55. The number of fused-ring (bicyclic) bond motifs is 2. The lowest BCUT2D eigenvalue weighted by atomic mass is 10.0. The smallest absolute Gasteiger partial charge is 0.324 e. The van der Waals surface area contributed by atoms with Crippen molar-refractivity contribution in [2.75, 3.05) is 18.0 Å². The largest absolute Gasteiger partial charge is 0.329 e. The van der Waals surface area contributed by atoms with Crippen LogP contribution >= 0.6 is 11.8 Å². The summed E-state index contributed by atoms with van der Waals surface area (Å²) in [7, 11) is 0. The quantitative estimate of drug-likeness (QED) is 0.670. The number of benzene rings is 2. The van der Waals surface area contributed by atoms with Gasteiger partial charge in [-0.15, -0.1) is 0 Å². The Morgan fingerprint density at radius 1 is 1.04 bits per heavy atom. The topological polar surface area (TPSA) is 23.6 Å². The van der Waals surface area contributed by atoms with E-state index in [1.165, 1.54) is 6.42 Å². The first-order valence-corrected chi connectivity index (χ1v) is 9.00. The molecule has 0 aromatic heterocycles. The van der Waals surface area contributed by atoms with Crippen molar-refractivity contribution in [1.82, 2.24) is 4.90 Å². The van der Waals surface area contributed by atoms with Crippen LogP contribution in [0.5, 0.6) is 0 Å². The van der Waals surface area contributed by atoms with Crippen LogP contribution < -0.4 is 4.90 Å². The average molecular weight is 324 g/mol. The van der Waals surface area contributed by atoms with Crippen molar-refractivity contribution >= 4 is 29.2 Å². The van der Waals surface area contributed by atoms with Crippen molar-refractivity contribution in [2.24, 2.45) is 5.92 Å². The fourth-order valence-electron chi connectivity index (χ4n) is 3.42. The van der Waals surface area contributed by atoms with E-state index in [1.807, 2.05) is 46.2 Å². The predicted molar refractivity (Wildman–Crippen MR) is 94.5 cm³/mol. The number of piperidine rings is 1. The Bertz CT molecular complexity index is 700. The van der Waals surface area contributed by atoms with Crippen molar-refractivity contribution in [2.45, 2.75) is 29.6 Å². The molecule has 2 aliphatic rings. The molecule has 0 saturated carbocycles. The normalized spacial score (nSPS) is 20.0. The summed E-state index contributed by atoms with van der Waals surface area (Å²) in [4.78, 5) is 19.5. The second-order valence-corrected chi connectivity index (χ2v) is 7.43. The van der Waals surface area contributed by atoms with E-state index in [4.69, 9.17) is 0 Å². The van der Waals surface area contributed by atoms with Gasteiger partial charge < -0.3 is 4.90 Å². The van der Waals surface area contributed by atoms with Crippen LogP contribution in [0.3, 0.4) is 0 Å². The van der Waals surface area contributed by atoms with Crippen LogP contribution in [-0.2, 0) is 0 Å². The Labute approximate surface area is 141 Å². The number of hydrogen-bond donors (Lipinski definition) is 0. The van der Waals surface area contributed by atoms with E-state index >= 15 is 0 Å². The van der Waals surface area contributed by atoms with E-state index in [0.717, 1.165) is 40.7 Å². The molecule has 0 bridgehead atoms. The summed E-state index contributed by atoms with van der Waals surface area (Å²) in [5.74, 6) is 0.581. The van der Waals surface area contributed by atoms with E-state index in [9.17, 15) is 4.79 Å². The van der Waals surface area contributed by atoms with Gasteiger partial charge in [-0.25, -0.2) is 4.79 Å². The lowest BCUT2D eigenvalue weighted by molar-refractivity contribution is 0.178. The summed E-state index contributed by atoms with van der Waals surface area (Å²) in [5, 5.41) is 0. The average Bonchev–Trinajstić information content (AvgIpc) is 2.59. The minimum Gasteiger partial charge on any atom is -0.324 e. The second-order valence-electron chi connectivity index (χ2n) is 6.35. The molecule has 0 unspecified atom stereocenters. The third-order valence-corrected chi connectivity index (χ3v) is 5.68. The number of hydrogen-bond acceptors (Lipinski definition) is 2. The Morgan fingerprint density at radius 3 is 2.26 bits per heavy atom. The minimum atomic E-state index is 0.108. The van der Waals surface area contributed by atoms with Gasteiger partial charge in [0, 0.05) is 22.9 Å². The van der Waals surface area contributed by atoms with Gasteiger partial charge in [0.05, 0.1) is 11.4 Å². The molecule has 118 valence electrons. The van der Waals surface area contributed by atoms with Gasteiger partial charge in [-0.2, -0.15) is 0 Å². The Hall–Kier alpha value is -1.94. The number of urea groups is 1. The molecule has 0 aliphatic carbocycles. The first-order chi connectivity index (χ1) is 11.2. The molecular weight excluding hydrogens is 304 g/mol. The van der Waals surface area contributed by atoms with E-state index in [2.05, 4.69) is 19.1 Å². The van der Waals surface area contributed by atoms with Gasteiger partial charge in [-0.3, -0.25) is 4.90 Å². The zero-order chi connectivity index (χ0) is 15.8. The summed E-state index contributed by atoms with van der Waals surface area (Å²) in [6.45, 7) is 3.94. The molecule has 2 aromatic carbocycles. The van der Waals surface area contributed by atoms with Crippen molar-refractivity contribution in [3.05, 3.63) is 48.5 Å². The monoisotopic (exact) mass is 324 g/mol. The summed E-state index contributed by atoms with van der Waals surface area (Å²) in [6, 6.07) is 16.5. The number of carbonyl (C=O) groups excluding carboxylic acids is 1. The third kappa shape index (κ3) is 2.61. The highest BCUT2D eigenvalue weighted by Gasteiger charge is 2.32. The molecular formula is C19H20N2OS. The number of anilines is 2. The molecule has 1 atom stereocenters. The summed E-state index contributed by atoms with van der Waals surface area (Å²) in [5.41, 5.74) is 2.00. The molecule has 0 radical (unpaired) electrons. The molecule has 2 amide bonds. The molecule has 2 aromatic rings. The zero-order valence-electron chi connectivity index (χ0n) is 13.2. The van der Waals surface area contributed by atoms with E-state index < -0.39 is 0 Å². The maximum atomic E-state index is 13.3. The first-order valence-electron chi connectivity index (χ1n) is 8.19. The summed E-state index contributed by atoms with van der Waals surface area (Å²) < 4.78 is 0. The standard InChI is InChI=1S/C19H20N2OS/c1-14-7-6-12-20(13-14)19(22)21-15-8-2-4-10-17(15)23-18-11-5-3-9-16(18)21/h2-5,8-11,14H,6-7,12-13H2,1H3/t14-/m1/s1. The summed E-state index contributed by atoms with van der Waals surface area (Å²) in [6.07, 6.45) is 2.31. The number of nitrogens with zero attached hydrogens (tertiary/aromatic N) is 2. The van der Waals surface area contributed by atoms with Gasteiger partial charge in [0.2, 0.25) is 0 Å². The Morgan fingerprint density at radius 2 is 1.65 bits per heavy atom. The highest BCUT2D eigenvalue weighted by atomic mass is 32.2. The molecule has 23 heavy (non-hydrogen) atoms. The first kappa shape index (κ1) is 14.6. The van der Waals surface area contributed by atoms with Crippen LogP contribution in [0.2, 0.25) is 0 Å². The molecule has 1 saturated heterocycles. The Balaban J connectivity index is 1.76. The molecule has 2 aliphatic heterocycles. The molecule has 2 heterocycles. The number of rotatable bonds is 0. The van der Waals surface area contributed by atoms with Gasteiger partial charge in [0.25, 0.3) is 0 Å². The summed E-state index contributed by atoms with van der Waals surface area (Å²) >= 11 is 1.74. The van der Waals surface area contributed by atoms with Gasteiger partial charge in [-0.1, -0.05) is 43.0 Å². The molecule has 3 nitrogen and oxygen atoms in total. The fourth-order valence-corrected chi connectivity index (χ4v) is 4.47. The number of carbonyl (C=O) groups is 1. The molecule has 1 fully saturated rings. The van der Waals surface area contributed by atoms with Gasteiger partial charge in [0.15, 0.2) is 0 Å². The van der Waals surface area contributed by atoms with Gasteiger partial charge >= 0.3 is 6.03 Å². The van der Waals surface area contributed by atoms with Crippen molar-refractivity contribution in [1.29, 1.82) is 0 Å². The van der Waals surface area contributed by atoms with Crippen LogP contribution in [0.15, 0.2) is 58.3 Å². The van der Waals surface area contributed by atoms with Crippen LogP contribution in [0, 0.1) is 5.92 Å². The van der Waals surface area contributed by atoms with Crippen molar-refractivity contribution in [3.63, 3.8) is 0 Å². The minimum absolute atomic E-state index is 0.108. The molecule has 4 heteroatoms. The number of amides is 2. The highest BCUT2D eigenvalue weighted by Crippen LogP contribution is 2.48. The zero-order valence-corrected chi connectivity index (χ0v) is 14.1. The SMILES string of the molecule is C[C@@H]1CCCN(C(=O)N2c3ccccc3Sc3ccccc32)C1. The van der Waals surface area contributed by atoms with E-state index in [1.54, 1.807) is 11.8 Å². The van der Waals surface area contributed by atoms with Crippen LogP contribution in [0.1, 0.15) is 19.8 Å². The van der Waals surface area contributed by atoms with Crippen LogP contribution in [0.4, 0.5) is 16.2 Å². The molecule has 4 rings (SSSR count). The lowest BCUT2D eigenvalue weighted by Gasteiger charge is -2.38.